The van der Waals surface area contributed by atoms with Crippen LogP contribution in [0, 0.1) is 17.7 Å². The lowest BCUT2D eigenvalue weighted by molar-refractivity contribution is 0.0488. The van der Waals surface area contributed by atoms with E-state index in [4.69, 9.17) is 15.2 Å². The van der Waals surface area contributed by atoms with Crippen LogP contribution in [0.25, 0.3) is 0 Å². The predicted molar refractivity (Wildman–Crippen MR) is 72.5 cm³/mol. The van der Waals surface area contributed by atoms with Gasteiger partial charge in [-0.15, -0.1) is 0 Å². The van der Waals surface area contributed by atoms with Gasteiger partial charge in [-0.25, -0.2) is 4.39 Å². The molecule has 1 heterocycles. The highest BCUT2D eigenvalue weighted by Gasteiger charge is 2.41. The first-order valence-corrected chi connectivity index (χ1v) is 6.70. The van der Waals surface area contributed by atoms with Crippen molar-refractivity contribution in [3.63, 3.8) is 0 Å². The summed E-state index contributed by atoms with van der Waals surface area (Å²) in [5.41, 5.74) is 7.07. The largest absolute Gasteiger partial charge is 0.496 e. The fourth-order valence-electron chi connectivity index (χ4n) is 3.09. The topological polar surface area (TPSA) is 44.5 Å². The number of hydrogen-bond donors (Lipinski definition) is 1. The molecule has 106 valence electrons. The van der Waals surface area contributed by atoms with Crippen LogP contribution in [0.5, 0.6) is 5.75 Å². The number of nitrogens with two attached hydrogens (primary N) is 1. The van der Waals surface area contributed by atoms with Crippen LogP contribution in [0.2, 0.25) is 0 Å². The van der Waals surface area contributed by atoms with Crippen molar-refractivity contribution in [2.75, 3.05) is 7.11 Å². The quantitative estimate of drug-likeness (QED) is 0.915. The van der Waals surface area contributed by atoms with Gasteiger partial charge in [-0.05, 0) is 38.0 Å². The molecule has 5 atom stereocenters. The Balaban J connectivity index is 2.33. The highest BCUT2D eigenvalue weighted by atomic mass is 19.1. The Bertz CT molecular complexity index is 452. The molecular weight excluding hydrogens is 245 g/mol. The molecule has 2 N–H and O–H groups in total. The summed E-state index contributed by atoms with van der Waals surface area (Å²) in [6.07, 6.45) is 0.235. The number of halogens is 1. The first kappa shape index (κ1) is 14.3. The van der Waals surface area contributed by atoms with Crippen molar-refractivity contribution < 1.29 is 13.9 Å². The van der Waals surface area contributed by atoms with Crippen molar-refractivity contribution in [1.82, 2.24) is 0 Å². The third-order valence-electron chi connectivity index (χ3n) is 4.28. The van der Waals surface area contributed by atoms with E-state index in [-0.39, 0.29) is 30.0 Å². The van der Waals surface area contributed by atoms with Crippen LogP contribution in [0.3, 0.4) is 0 Å². The summed E-state index contributed by atoms with van der Waals surface area (Å²) in [5.74, 6) is 0.829. The van der Waals surface area contributed by atoms with Crippen LogP contribution < -0.4 is 10.5 Å². The van der Waals surface area contributed by atoms with Gasteiger partial charge < -0.3 is 15.2 Å². The van der Waals surface area contributed by atoms with Crippen LogP contribution in [0.4, 0.5) is 4.39 Å². The summed E-state index contributed by atoms with van der Waals surface area (Å²) < 4.78 is 24.6. The van der Waals surface area contributed by atoms with E-state index >= 15 is 0 Å². The molecule has 0 aromatic heterocycles. The Morgan fingerprint density at radius 2 is 1.95 bits per heavy atom. The number of methoxy groups -OCH3 is 1. The first-order valence-electron chi connectivity index (χ1n) is 6.70. The van der Waals surface area contributed by atoms with Crippen LogP contribution in [-0.4, -0.2) is 19.3 Å². The van der Waals surface area contributed by atoms with Crippen LogP contribution in [0.1, 0.15) is 32.4 Å². The van der Waals surface area contributed by atoms with E-state index in [1.807, 2.05) is 6.92 Å². The van der Waals surface area contributed by atoms with Gasteiger partial charge in [-0.2, -0.15) is 0 Å². The van der Waals surface area contributed by atoms with E-state index in [1.165, 1.54) is 12.1 Å². The molecule has 0 spiro atoms. The van der Waals surface area contributed by atoms with Gasteiger partial charge in [-0.1, -0.05) is 6.92 Å². The monoisotopic (exact) mass is 267 g/mol. The smallest absolute Gasteiger partial charge is 0.123 e. The van der Waals surface area contributed by atoms with E-state index in [1.54, 1.807) is 13.2 Å². The first-order chi connectivity index (χ1) is 8.95. The maximum Gasteiger partial charge on any atom is 0.123 e. The van der Waals surface area contributed by atoms with Gasteiger partial charge >= 0.3 is 0 Å². The highest BCUT2D eigenvalue weighted by Crippen LogP contribution is 2.41. The van der Waals surface area contributed by atoms with E-state index in [2.05, 4.69) is 13.8 Å². The Morgan fingerprint density at radius 1 is 1.26 bits per heavy atom. The minimum atomic E-state index is -0.293. The fraction of sp³-hybridized carbons (Fsp3) is 0.600. The van der Waals surface area contributed by atoms with Gasteiger partial charge in [0.2, 0.25) is 0 Å². The number of hydrogen-bond acceptors (Lipinski definition) is 3. The normalized spacial score (nSPS) is 32.3. The predicted octanol–water partition coefficient (Wildman–Crippen LogP) is 2.89. The molecule has 5 unspecified atom stereocenters. The summed E-state index contributed by atoms with van der Waals surface area (Å²) in [5, 5.41) is 0. The van der Waals surface area contributed by atoms with Crippen molar-refractivity contribution in [3.8, 4) is 5.75 Å². The van der Waals surface area contributed by atoms with Crippen LogP contribution >= 0.6 is 0 Å². The molecule has 0 radical (unpaired) electrons. The molecule has 1 aromatic rings. The SMILES string of the molecule is COc1ccc(F)cc1C(N)C1C(C)OC(C)C1C. The van der Waals surface area contributed by atoms with Gasteiger partial charge in [0.15, 0.2) is 0 Å². The zero-order chi connectivity index (χ0) is 14.2. The molecule has 0 aliphatic carbocycles. The van der Waals surface area contributed by atoms with Crippen molar-refractivity contribution in [2.24, 2.45) is 17.6 Å². The fourth-order valence-corrected chi connectivity index (χ4v) is 3.09. The lowest BCUT2D eigenvalue weighted by Gasteiger charge is -2.27. The molecule has 0 saturated carbocycles. The van der Waals surface area contributed by atoms with E-state index in [0.717, 1.165) is 0 Å². The molecule has 0 bridgehead atoms. The summed E-state index contributed by atoms with van der Waals surface area (Å²) >= 11 is 0. The molecule has 2 rings (SSSR count). The van der Waals surface area contributed by atoms with E-state index < -0.39 is 0 Å². The Hall–Kier alpha value is -1.13. The average Bonchev–Trinajstić information content (AvgIpc) is 2.62. The highest BCUT2D eigenvalue weighted by molar-refractivity contribution is 5.37. The molecule has 0 amide bonds. The van der Waals surface area contributed by atoms with Gasteiger partial charge in [0.1, 0.15) is 11.6 Å². The molecule has 4 heteroatoms. The molecule has 1 fully saturated rings. The maximum absolute atomic E-state index is 13.5. The molecule has 3 nitrogen and oxygen atoms in total. The second kappa shape index (κ2) is 5.47. The molecule has 19 heavy (non-hydrogen) atoms. The number of benzene rings is 1. The molecule has 1 aliphatic rings. The zero-order valence-corrected chi connectivity index (χ0v) is 11.9. The zero-order valence-electron chi connectivity index (χ0n) is 11.9. The van der Waals surface area contributed by atoms with Crippen molar-refractivity contribution in [2.45, 2.75) is 39.0 Å². The summed E-state index contributed by atoms with van der Waals surface area (Å²) in [6, 6.07) is 4.18. The number of ether oxygens (including phenoxy) is 2. The van der Waals surface area contributed by atoms with Crippen molar-refractivity contribution in [1.29, 1.82) is 0 Å². The standard InChI is InChI=1S/C15H22FNO2/c1-8-9(2)19-10(3)14(8)15(17)12-7-11(16)5-6-13(12)18-4/h5-10,14-15H,17H2,1-4H3. The lowest BCUT2D eigenvalue weighted by Crippen LogP contribution is -2.31. The third-order valence-corrected chi connectivity index (χ3v) is 4.28. The minimum Gasteiger partial charge on any atom is -0.496 e. The Morgan fingerprint density at radius 3 is 2.47 bits per heavy atom. The van der Waals surface area contributed by atoms with Gasteiger partial charge in [0.05, 0.1) is 19.3 Å². The summed E-state index contributed by atoms with van der Waals surface area (Å²) in [4.78, 5) is 0. The summed E-state index contributed by atoms with van der Waals surface area (Å²) in [6.45, 7) is 6.21. The minimum absolute atomic E-state index is 0.0629. The van der Waals surface area contributed by atoms with Gasteiger partial charge in [0, 0.05) is 17.5 Å². The molecule has 1 saturated heterocycles. The van der Waals surface area contributed by atoms with Crippen LogP contribution in [0.15, 0.2) is 18.2 Å². The second-order valence-electron chi connectivity index (χ2n) is 5.39. The lowest BCUT2D eigenvalue weighted by atomic mass is 9.80. The van der Waals surface area contributed by atoms with E-state index in [9.17, 15) is 4.39 Å². The maximum atomic E-state index is 13.5. The van der Waals surface area contributed by atoms with Gasteiger partial charge in [0.25, 0.3) is 0 Å². The van der Waals surface area contributed by atoms with Gasteiger partial charge in [-0.3, -0.25) is 0 Å². The molecule has 1 aromatic carbocycles. The number of rotatable bonds is 3. The molecular formula is C15H22FNO2. The Labute approximate surface area is 113 Å². The second-order valence-corrected chi connectivity index (χ2v) is 5.39. The van der Waals surface area contributed by atoms with Crippen LogP contribution in [-0.2, 0) is 4.74 Å². The van der Waals surface area contributed by atoms with Crippen molar-refractivity contribution in [3.05, 3.63) is 29.6 Å². The Kier molecular flexibility index (Phi) is 4.11. The summed E-state index contributed by atoms with van der Waals surface area (Å²) in [7, 11) is 1.57. The average molecular weight is 267 g/mol. The molecule has 1 aliphatic heterocycles. The third kappa shape index (κ3) is 2.60. The van der Waals surface area contributed by atoms with Crippen molar-refractivity contribution >= 4 is 0 Å². The van der Waals surface area contributed by atoms with E-state index in [0.29, 0.717) is 17.2 Å².